The van der Waals surface area contributed by atoms with E-state index in [1.807, 2.05) is 12.2 Å². The first-order valence-electron chi connectivity index (χ1n) is 8.77. The van der Waals surface area contributed by atoms with Crippen molar-refractivity contribution >= 4 is 0 Å². The van der Waals surface area contributed by atoms with E-state index >= 15 is 0 Å². The van der Waals surface area contributed by atoms with Gasteiger partial charge in [-0.25, -0.2) is 0 Å². The van der Waals surface area contributed by atoms with Crippen LogP contribution >= 0.6 is 0 Å². The Morgan fingerprint density at radius 1 is 0.880 bits per heavy atom. The van der Waals surface area contributed by atoms with Gasteiger partial charge in [-0.15, -0.1) is 0 Å². The molecule has 0 aromatic carbocycles. The Labute approximate surface area is 149 Å². The Hall–Kier alpha value is -1.94. The number of ether oxygens (including phenoxy) is 5. The van der Waals surface area contributed by atoms with Crippen LogP contribution in [0.2, 0.25) is 0 Å². The predicted molar refractivity (Wildman–Crippen MR) is 92.6 cm³/mol. The SMILES string of the molecule is C(#CC1=C/OCCOCCC2=C(/C=C\1)OCCO2)CN1CCOCC1. The Kier molecular flexibility index (Phi) is 7.25. The molecule has 25 heavy (non-hydrogen) atoms. The monoisotopic (exact) mass is 347 g/mol. The maximum atomic E-state index is 5.71. The summed E-state index contributed by atoms with van der Waals surface area (Å²) in [5, 5.41) is 0. The molecule has 0 amide bonds. The van der Waals surface area contributed by atoms with Crippen molar-refractivity contribution < 1.29 is 23.7 Å². The van der Waals surface area contributed by atoms with Crippen LogP contribution in [0.25, 0.3) is 0 Å². The molecule has 0 N–H and O–H groups in total. The molecule has 3 aliphatic heterocycles. The van der Waals surface area contributed by atoms with Crippen LogP contribution in [0.15, 0.2) is 35.5 Å². The van der Waals surface area contributed by atoms with E-state index in [1.165, 1.54) is 0 Å². The summed E-state index contributed by atoms with van der Waals surface area (Å²) in [5.74, 6) is 7.97. The van der Waals surface area contributed by atoms with Gasteiger partial charge in [-0.2, -0.15) is 0 Å². The van der Waals surface area contributed by atoms with E-state index in [0.29, 0.717) is 39.5 Å². The minimum Gasteiger partial charge on any atom is -0.497 e. The summed E-state index contributed by atoms with van der Waals surface area (Å²) in [6.07, 6.45) is 6.19. The molecule has 3 heterocycles. The van der Waals surface area contributed by atoms with Crippen LogP contribution in [0.5, 0.6) is 0 Å². The van der Waals surface area contributed by atoms with Gasteiger partial charge in [0.1, 0.15) is 25.6 Å². The minimum atomic E-state index is 0.506. The third-order valence-electron chi connectivity index (χ3n) is 3.97. The second kappa shape index (κ2) is 10.1. The van der Waals surface area contributed by atoms with Gasteiger partial charge >= 0.3 is 0 Å². The molecule has 0 aromatic heterocycles. The zero-order valence-corrected chi connectivity index (χ0v) is 14.5. The van der Waals surface area contributed by atoms with Crippen LogP contribution in [0.4, 0.5) is 0 Å². The lowest BCUT2D eigenvalue weighted by Crippen LogP contribution is -2.36. The van der Waals surface area contributed by atoms with E-state index in [1.54, 1.807) is 6.26 Å². The lowest BCUT2D eigenvalue weighted by atomic mass is 10.2. The molecule has 6 nitrogen and oxygen atoms in total. The third-order valence-corrected chi connectivity index (χ3v) is 3.97. The molecule has 6 heteroatoms. The van der Waals surface area contributed by atoms with E-state index < -0.39 is 0 Å². The van der Waals surface area contributed by atoms with Gasteiger partial charge in [-0.1, -0.05) is 11.8 Å². The minimum absolute atomic E-state index is 0.506. The fraction of sp³-hybridized carbons (Fsp3) is 0.579. The molecule has 1 saturated heterocycles. The van der Waals surface area contributed by atoms with E-state index in [2.05, 4.69) is 16.7 Å². The summed E-state index contributed by atoms with van der Waals surface area (Å²) >= 11 is 0. The smallest absolute Gasteiger partial charge is 0.157 e. The summed E-state index contributed by atoms with van der Waals surface area (Å²) in [6, 6.07) is 0. The van der Waals surface area contributed by atoms with Gasteiger partial charge in [-0.3, -0.25) is 4.90 Å². The molecule has 0 bridgehead atoms. The molecule has 0 atom stereocenters. The number of rotatable bonds is 1. The van der Waals surface area contributed by atoms with E-state index in [4.69, 9.17) is 23.7 Å². The fourth-order valence-electron chi connectivity index (χ4n) is 2.62. The number of allylic oxidation sites excluding steroid dienone is 3. The van der Waals surface area contributed by atoms with Crippen LogP contribution in [0, 0.1) is 11.8 Å². The average Bonchev–Trinajstić information content (AvgIpc) is 2.65. The van der Waals surface area contributed by atoms with Crippen molar-refractivity contribution in [2.75, 3.05) is 65.9 Å². The summed E-state index contributed by atoms with van der Waals surface area (Å²) in [6.45, 7) is 6.92. The number of hydrogen-bond donors (Lipinski definition) is 0. The quantitative estimate of drug-likeness (QED) is 0.670. The highest BCUT2D eigenvalue weighted by Gasteiger charge is 2.13. The second-order valence-electron chi connectivity index (χ2n) is 5.81. The van der Waals surface area contributed by atoms with Crippen molar-refractivity contribution in [1.29, 1.82) is 0 Å². The van der Waals surface area contributed by atoms with Crippen molar-refractivity contribution in [1.82, 2.24) is 4.90 Å². The molecule has 0 unspecified atom stereocenters. The Balaban J connectivity index is 1.67. The van der Waals surface area contributed by atoms with Gasteiger partial charge in [0, 0.05) is 19.5 Å². The van der Waals surface area contributed by atoms with Crippen molar-refractivity contribution in [3.8, 4) is 11.8 Å². The number of morpholine rings is 1. The molecular formula is C19H25NO5. The first-order valence-corrected chi connectivity index (χ1v) is 8.77. The Morgan fingerprint density at radius 2 is 1.72 bits per heavy atom. The van der Waals surface area contributed by atoms with E-state index in [0.717, 1.165) is 49.9 Å². The van der Waals surface area contributed by atoms with Crippen LogP contribution in [0.3, 0.4) is 0 Å². The highest BCUT2D eigenvalue weighted by Crippen LogP contribution is 2.19. The van der Waals surface area contributed by atoms with Gasteiger partial charge in [0.05, 0.1) is 44.8 Å². The lowest BCUT2D eigenvalue weighted by molar-refractivity contribution is 0.0439. The molecule has 0 spiro atoms. The van der Waals surface area contributed by atoms with Crippen molar-refractivity contribution in [2.45, 2.75) is 6.42 Å². The third kappa shape index (κ3) is 6.13. The lowest BCUT2D eigenvalue weighted by Gasteiger charge is -2.24. The first kappa shape index (κ1) is 17.9. The van der Waals surface area contributed by atoms with Crippen LogP contribution < -0.4 is 0 Å². The molecule has 3 rings (SSSR count). The summed E-state index contributed by atoms with van der Waals surface area (Å²) in [5.41, 5.74) is 0.801. The number of nitrogens with zero attached hydrogens (tertiary/aromatic N) is 1. The highest BCUT2D eigenvalue weighted by atomic mass is 16.6. The molecule has 0 saturated carbocycles. The van der Waals surface area contributed by atoms with Crippen LogP contribution in [0.1, 0.15) is 6.42 Å². The van der Waals surface area contributed by atoms with Crippen molar-refractivity contribution in [2.24, 2.45) is 0 Å². The average molecular weight is 347 g/mol. The van der Waals surface area contributed by atoms with Crippen molar-refractivity contribution in [3.63, 3.8) is 0 Å². The highest BCUT2D eigenvalue weighted by molar-refractivity contribution is 5.39. The maximum Gasteiger partial charge on any atom is 0.157 e. The molecular weight excluding hydrogens is 322 g/mol. The van der Waals surface area contributed by atoms with Gasteiger partial charge in [-0.05, 0) is 12.2 Å². The first-order chi connectivity index (χ1) is 12.4. The van der Waals surface area contributed by atoms with Gasteiger partial charge in [0.2, 0.25) is 0 Å². The zero-order chi connectivity index (χ0) is 17.2. The predicted octanol–water partition coefficient (Wildman–Crippen LogP) is 1.46. The fourth-order valence-corrected chi connectivity index (χ4v) is 2.62. The van der Waals surface area contributed by atoms with E-state index in [9.17, 15) is 0 Å². The summed E-state index contributed by atoms with van der Waals surface area (Å²) < 4.78 is 27.8. The van der Waals surface area contributed by atoms with Crippen molar-refractivity contribution in [3.05, 3.63) is 35.5 Å². The van der Waals surface area contributed by atoms with Crippen LogP contribution in [-0.2, 0) is 23.7 Å². The normalized spacial score (nSPS) is 26.0. The second-order valence-corrected chi connectivity index (χ2v) is 5.81. The summed E-state index contributed by atoms with van der Waals surface area (Å²) in [4.78, 5) is 2.28. The Morgan fingerprint density at radius 3 is 2.64 bits per heavy atom. The van der Waals surface area contributed by atoms with E-state index in [-0.39, 0.29) is 0 Å². The molecule has 1 fully saturated rings. The molecule has 3 aliphatic rings. The molecule has 0 aliphatic carbocycles. The van der Waals surface area contributed by atoms with Gasteiger partial charge in [0.15, 0.2) is 5.76 Å². The van der Waals surface area contributed by atoms with Gasteiger partial charge in [0.25, 0.3) is 0 Å². The number of hydrogen-bond acceptors (Lipinski definition) is 6. The Bertz CT molecular complexity index is 578. The van der Waals surface area contributed by atoms with Gasteiger partial charge < -0.3 is 23.7 Å². The molecule has 0 radical (unpaired) electrons. The summed E-state index contributed by atoms with van der Waals surface area (Å²) in [7, 11) is 0. The van der Waals surface area contributed by atoms with Crippen LogP contribution in [-0.4, -0.2) is 70.8 Å². The molecule has 136 valence electrons. The standard InChI is InChI=1S/C19H25NO5/c1(6-20-7-10-22-11-8-20)2-17-3-4-18-19(25-15-14-24-18)5-9-21-12-13-23-16-17/h3-4,16H,5-15H2/b4-3-,17-16-. The maximum absolute atomic E-state index is 5.71. The topological polar surface area (TPSA) is 49.4 Å². The molecule has 0 aromatic rings. The largest absolute Gasteiger partial charge is 0.497 e. The zero-order valence-electron chi connectivity index (χ0n) is 14.5.